The van der Waals surface area contributed by atoms with Crippen LogP contribution in [0.4, 0.5) is 17.1 Å². The summed E-state index contributed by atoms with van der Waals surface area (Å²) in [5.74, 6) is -0.704. The van der Waals surface area contributed by atoms with E-state index >= 15 is 0 Å². The van der Waals surface area contributed by atoms with E-state index in [1.165, 1.54) is 30.8 Å². The molecule has 3 N–H and O–H groups in total. The van der Waals surface area contributed by atoms with Gasteiger partial charge in [0.2, 0.25) is 17.7 Å². The van der Waals surface area contributed by atoms with Crippen molar-refractivity contribution >= 4 is 56.4 Å². The first-order valence-electron chi connectivity index (χ1n) is 9.62. The Labute approximate surface area is 185 Å². The number of thioether (sulfide) groups is 1. The van der Waals surface area contributed by atoms with Gasteiger partial charge >= 0.3 is 0 Å². The fraction of sp³-hybridized carbons (Fsp3) is 0.286. The number of hydrogen-bond acceptors (Lipinski definition) is 6. The molecule has 0 unspecified atom stereocenters. The second-order valence-electron chi connectivity index (χ2n) is 7.23. The SMILES string of the molecule is CC(=O)Nc1ccc(NC(=O)CCS(=O)(=O)c2ccc3c(c2)NC(=O)[C@@H](C)CS3)cc1. The first-order valence-corrected chi connectivity index (χ1v) is 12.3. The van der Waals surface area contributed by atoms with Crippen LogP contribution in [0.5, 0.6) is 0 Å². The molecule has 31 heavy (non-hydrogen) atoms. The van der Waals surface area contributed by atoms with Gasteiger partial charge in [0.25, 0.3) is 0 Å². The Morgan fingerprint density at radius 2 is 1.74 bits per heavy atom. The second-order valence-corrected chi connectivity index (χ2v) is 10.4. The highest BCUT2D eigenvalue weighted by Crippen LogP contribution is 2.34. The number of carbonyl (C=O) groups is 3. The lowest BCUT2D eigenvalue weighted by Gasteiger charge is -2.10. The summed E-state index contributed by atoms with van der Waals surface area (Å²) in [6, 6.07) is 11.1. The van der Waals surface area contributed by atoms with Gasteiger partial charge in [-0.1, -0.05) is 6.92 Å². The fourth-order valence-electron chi connectivity index (χ4n) is 2.88. The van der Waals surface area contributed by atoms with Gasteiger partial charge in [0, 0.05) is 41.3 Å². The van der Waals surface area contributed by atoms with Crippen LogP contribution in [0.2, 0.25) is 0 Å². The number of benzene rings is 2. The molecule has 1 heterocycles. The van der Waals surface area contributed by atoms with E-state index in [9.17, 15) is 22.8 Å². The first kappa shape index (κ1) is 22.8. The second kappa shape index (κ2) is 9.52. The zero-order valence-corrected chi connectivity index (χ0v) is 18.7. The zero-order valence-electron chi connectivity index (χ0n) is 17.1. The standard InChI is InChI=1S/C21H23N3O5S2/c1-13-12-30-19-8-7-17(11-18(19)24-21(13)27)31(28,29)10-9-20(26)23-16-5-3-15(4-6-16)22-14(2)25/h3-8,11,13H,9-10,12H2,1-2H3,(H,22,25)(H,23,26)(H,24,27)/t13-/m0/s1. The lowest BCUT2D eigenvalue weighted by molar-refractivity contribution is -0.119. The van der Waals surface area contributed by atoms with Gasteiger partial charge in [0.05, 0.1) is 16.3 Å². The molecule has 0 aromatic heterocycles. The number of fused-ring (bicyclic) bond motifs is 1. The van der Waals surface area contributed by atoms with E-state index in [0.717, 1.165) is 4.90 Å². The lowest BCUT2D eigenvalue weighted by Crippen LogP contribution is -2.20. The Kier molecular flexibility index (Phi) is 7.01. The molecule has 1 aliphatic rings. The van der Waals surface area contributed by atoms with Crippen molar-refractivity contribution in [1.82, 2.24) is 0 Å². The van der Waals surface area contributed by atoms with Gasteiger partial charge in [0.1, 0.15) is 0 Å². The minimum Gasteiger partial charge on any atom is -0.326 e. The number of rotatable bonds is 6. The molecule has 0 spiro atoms. The number of amides is 3. The molecule has 3 rings (SSSR count). The van der Waals surface area contributed by atoms with Crippen molar-refractivity contribution in [2.24, 2.45) is 5.92 Å². The summed E-state index contributed by atoms with van der Waals surface area (Å²) in [7, 11) is -3.71. The van der Waals surface area contributed by atoms with Crippen molar-refractivity contribution in [1.29, 1.82) is 0 Å². The molecular weight excluding hydrogens is 438 g/mol. The van der Waals surface area contributed by atoms with E-state index in [0.29, 0.717) is 22.8 Å². The Balaban J connectivity index is 1.62. The minimum atomic E-state index is -3.71. The molecule has 3 amide bonds. The van der Waals surface area contributed by atoms with Gasteiger partial charge in [-0.2, -0.15) is 0 Å². The number of anilines is 3. The third-order valence-corrected chi connectivity index (χ3v) is 7.64. The Hall–Kier alpha value is -2.85. The van der Waals surface area contributed by atoms with Gasteiger partial charge in [-0.05, 0) is 42.5 Å². The zero-order chi connectivity index (χ0) is 22.6. The quantitative estimate of drug-likeness (QED) is 0.608. The predicted molar refractivity (Wildman–Crippen MR) is 121 cm³/mol. The Morgan fingerprint density at radius 1 is 1.10 bits per heavy atom. The van der Waals surface area contributed by atoms with Crippen molar-refractivity contribution in [3.63, 3.8) is 0 Å². The van der Waals surface area contributed by atoms with Crippen LogP contribution in [0.25, 0.3) is 0 Å². The molecule has 0 radical (unpaired) electrons. The molecule has 1 aliphatic heterocycles. The maximum Gasteiger partial charge on any atom is 0.228 e. The molecule has 0 saturated carbocycles. The molecule has 2 aromatic carbocycles. The van der Waals surface area contributed by atoms with Crippen molar-refractivity contribution in [2.45, 2.75) is 30.1 Å². The average Bonchev–Trinajstić information content (AvgIpc) is 2.85. The van der Waals surface area contributed by atoms with Crippen molar-refractivity contribution in [2.75, 3.05) is 27.5 Å². The van der Waals surface area contributed by atoms with Crippen molar-refractivity contribution < 1.29 is 22.8 Å². The number of hydrogen-bond donors (Lipinski definition) is 3. The first-order chi connectivity index (χ1) is 14.6. The maximum atomic E-state index is 12.7. The van der Waals surface area contributed by atoms with Crippen LogP contribution in [-0.2, 0) is 24.2 Å². The van der Waals surface area contributed by atoms with E-state index in [-0.39, 0.29) is 34.8 Å². The average molecular weight is 462 g/mol. The highest BCUT2D eigenvalue weighted by atomic mass is 32.2. The Morgan fingerprint density at radius 3 is 2.39 bits per heavy atom. The molecule has 0 saturated heterocycles. The van der Waals surface area contributed by atoms with Crippen LogP contribution in [-0.4, -0.2) is 37.6 Å². The third-order valence-electron chi connectivity index (χ3n) is 4.59. The number of sulfone groups is 1. The molecule has 0 fully saturated rings. The van der Waals surface area contributed by atoms with Crippen LogP contribution >= 0.6 is 11.8 Å². The summed E-state index contributed by atoms with van der Waals surface area (Å²) in [4.78, 5) is 36.2. The lowest BCUT2D eigenvalue weighted by atomic mass is 10.2. The van der Waals surface area contributed by atoms with E-state index in [2.05, 4.69) is 16.0 Å². The molecule has 0 bridgehead atoms. The molecular formula is C21H23N3O5S2. The van der Waals surface area contributed by atoms with Crippen molar-refractivity contribution in [3.8, 4) is 0 Å². The van der Waals surface area contributed by atoms with Crippen LogP contribution in [0.1, 0.15) is 20.3 Å². The number of nitrogens with one attached hydrogen (secondary N) is 3. The van der Waals surface area contributed by atoms with E-state index < -0.39 is 15.7 Å². The summed E-state index contributed by atoms with van der Waals surface area (Å²) >= 11 is 1.50. The summed E-state index contributed by atoms with van der Waals surface area (Å²) < 4.78 is 25.4. The summed E-state index contributed by atoms with van der Waals surface area (Å²) in [6.45, 7) is 3.21. The Bertz CT molecular complexity index is 1110. The molecule has 1 atom stereocenters. The highest BCUT2D eigenvalue weighted by Gasteiger charge is 2.23. The summed E-state index contributed by atoms with van der Waals surface area (Å²) in [6.07, 6.45) is -0.217. The fourth-order valence-corrected chi connectivity index (χ4v) is 5.15. The largest absolute Gasteiger partial charge is 0.326 e. The van der Waals surface area contributed by atoms with E-state index in [1.807, 2.05) is 6.92 Å². The molecule has 10 heteroatoms. The normalized spacial score (nSPS) is 15.9. The maximum absolute atomic E-state index is 12.7. The number of carbonyl (C=O) groups excluding carboxylic acids is 3. The van der Waals surface area contributed by atoms with Gasteiger partial charge in [-0.25, -0.2) is 8.42 Å². The van der Waals surface area contributed by atoms with E-state index in [4.69, 9.17) is 0 Å². The molecule has 2 aromatic rings. The third kappa shape index (κ3) is 6.08. The van der Waals surface area contributed by atoms with Crippen molar-refractivity contribution in [3.05, 3.63) is 42.5 Å². The van der Waals surface area contributed by atoms with Crippen LogP contribution in [0.15, 0.2) is 52.3 Å². The van der Waals surface area contributed by atoms with Crippen LogP contribution in [0, 0.1) is 5.92 Å². The van der Waals surface area contributed by atoms with Gasteiger partial charge in [-0.15, -0.1) is 11.8 Å². The predicted octanol–water partition coefficient (Wildman–Crippen LogP) is 3.13. The van der Waals surface area contributed by atoms with Gasteiger partial charge in [0.15, 0.2) is 9.84 Å². The molecule has 0 aliphatic carbocycles. The minimum absolute atomic E-state index is 0.0640. The van der Waals surface area contributed by atoms with Gasteiger partial charge < -0.3 is 16.0 Å². The van der Waals surface area contributed by atoms with E-state index in [1.54, 1.807) is 30.3 Å². The molecule has 8 nitrogen and oxygen atoms in total. The summed E-state index contributed by atoms with van der Waals surface area (Å²) in [5.41, 5.74) is 1.57. The monoisotopic (exact) mass is 461 g/mol. The smallest absolute Gasteiger partial charge is 0.228 e. The van der Waals surface area contributed by atoms with Crippen LogP contribution in [0.3, 0.4) is 0 Å². The van der Waals surface area contributed by atoms with Crippen LogP contribution < -0.4 is 16.0 Å². The molecule has 164 valence electrons. The summed E-state index contributed by atoms with van der Waals surface area (Å²) in [5, 5.41) is 8.03. The highest BCUT2D eigenvalue weighted by molar-refractivity contribution is 7.99. The topological polar surface area (TPSA) is 121 Å². The van der Waals surface area contributed by atoms with Gasteiger partial charge in [-0.3, -0.25) is 14.4 Å².